The molecule has 1 heterocycles. The fourth-order valence-corrected chi connectivity index (χ4v) is 2.71. The SMILES string of the molecule is COc1cc(C(=O)/C=C/c2cc(-c3ccc(F)c(F)c3)n[nH]2)cc(OC)c1OC. The van der Waals surface area contributed by atoms with Crippen LogP contribution in [0.4, 0.5) is 8.78 Å². The van der Waals surface area contributed by atoms with Gasteiger partial charge in [-0.2, -0.15) is 5.10 Å². The molecule has 6 nitrogen and oxygen atoms in total. The second-order valence-electron chi connectivity index (χ2n) is 5.95. The van der Waals surface area contributed by atoms with E-state index in [-0.39, 0.29) is 5.78 Å². The summed E-state index contributed by atoms with van der Waals surface area (Å²) in [6.07, 6.45) is 2.88. The quantitative estimate of drug-likeness (QED) is 0.473. The highest BCUT2D eigenvalue weighted by Crippen LogP contribution is 2.38. The van der Waals surface area contributed by atoms with Crippen molar-refractivity contribution in [3.8, 4) is 28.5 Å². The topological polar surface area (TPSA) is 73.4 Å². The molecule has 1 N–H and O–H groups in total. The number of hydrogen-bond donors (Lipinski definition) is 1. The summed E-state index contributed by atoms with van der Waals surface area (Å²) >= 11 is 0. The Kier molecular flexibility index (Phi) is 5.92. The van der Waals surface area contributed by atoms with E-state index >= 15 is 0 Å². The average molecular weight is 400 g/mol. The summed E-state index contributed by atoms with van der Waals surface area (Å²) in [6, 6.07) is 8.22. The molecule has 0 aliphatic rings. The van der Waals surface area contributed by atoms with Crippen LogP contribution in [0.2, 0.25) is 0 Å². The third-order valence-corrected chi connectivity index (χ3v) is 4.18. The summed E-state index contributed by atoms with van der Waals surface area (Å²) in [4.78, 5) is 12.5. The molecule has 0 aliphatic carbocycles. The Morgan fingerprint density at radius 1 is 0.966 bits per heavy atom. The van der Waals surface area contributed by atoms with Crippen LogP contribution in [0.5, 0.6) is 17.2 Å². The Labute approximate surface area is 165 Å². The van der Waals surface area contributed by atoms with Crippen LogP contribution in [-0.2, 0) is 0 Å². The second-order valence-corrected chi connectivity index (χ2v) is 5.95. The Hall–Kier alpha value is -3.68. The van der Waals surface area contributed by atoms with Crippen molar-refractivity contribution in [2.75, 3.05) is 21.3 Å². The monoisotopic (exact) mass is 400 g/mol. The number of carbonyl (C=O) groups is 1. The summed E-state index contributed by atoms with van der Waals surface area (Å²) in [5.41, 5.74) is 1.70. The number of nitrogens with zero attached hydrogens (tertiary/aromatic N) is 1. The molecule has 29 heavy (non-hydrogen) atoms. The maximum Gasteiger partial charge on any atom is 0.203 e. The molecule has 0 aliphatic heterocycles. The van der Waals surface area contributed by atoms with Crippen molar-refractivity contribution in [2.24, 2.45) is 0 Å². The molecule has 150 valence electrons. The van der Waals surface area contributed by atoms with E-state index in [9.17, 15) is 13.6 Å². The molecule has 0 fully saturated rings. The minimum Gasteiger partial charge on any atom is -0.493 e. The van der Waals surface area contributed by atoms with E-state index in [1.54, 1.807) is 18.2 Å². The van der Waals surface area contributed by atoms with Gasteiger partial charge in [-0.25, -0.2) is 8.78 Å². The fourth-order valence-electron chi connectivity index (χ4n) is 2.71. The van der Waals surface area contributed by atoms with Crippen LogP contribution < -0.4 is 14.2 Å². The maximum atomic E-state index is 13.4. The molecule has 0 saturated heterocycles. The van der Waals surface area contributed by atoms with Crippen LogP contribution in [0.3, 0.4) is 0 Å². The van der Waals surface area contributed by atoms with Gasteiger partial charge in [0.2, 0.25) is 5.75 Å². The van der Waals surface area contributed by atoms with Gasteiger partial charge in [0, 0.05) is 11.1 Å². The number of nitrogens with one attached hydrogen (secondary N) is 1. The number of methoxy groups -OCH3 is 3. The van der Waals surface area contributed by atoms with Crippen molar-refractivity contribution < 1.29 is 27.8 Å². The lowest BCUT2D eigenvalue weighted by Gasteiger charge is -2.13. The highest BCUT2D eigenvalue weighted by atomic mass is 19.2. The summed E-state index contributed by atoms with van der Waals surface area (Å²) in [5, 5.41) is 6.79. The van der Waals surface area contributed by atoms with Crippen LogP contribution in [0.1, 0.15) is 16.1 Å². The molecule has 0 amide bonds. The molecule has 0 unspecified atom stereocenters. The number of allylic oxidation sites excluding steroid dienone is 1. The number of benzene rings is 2. The third kappa shape index (κ3) is 4.26. The van der Waals surface area contributed by atoms with E-state index in [1.165, 1.54) is 39.5 Å². The van der Waals surface area contributed by atoms with Gasteiger partial charge >= 0.3 is 0 Å². The first-order valence-corrected chi connectivity index (χ1v) is 8.50. The van der Waals surface area contributed by atoms with E-state index in [1.807, 2.05) is 0 Å². The van der Waals surface area contributed by atoms with Gasteiger partial charge in [0.05, 0.1) is 32.7 Å². The number of rotatable bonds is 7. The van der Waals surface area contributed by atoms with E-state index < -0.39 is 11.6 Å². The first-order chi connectivity index (χ1) is 14.0. The van der Waals surface area contributed by atoms with Gasteiger partial charge in [0.1, 0.15) is 0 Å². The van der Waals surface area contributed by atoms with Gasteiger partial charge in [-0.05, 0) is 48.6 Å². The van der Waals surface area contributed by atoms with Gasteiger partial charge in [-0.15, -0.1) is 0 Å². The Morgan fingerprint density at radius 2 is 1.66 bits per heavy atom. The number of H-pyrrole nitrogens is 1. The van der Waals surface area contributed by atoms with Gasteiger partial charge in [-0.1, -0.05) is 0 Å². The summed E-state index contributed by atoms with van der Waals surface area (Å²) < 4.78 is 42.2. The van der Waals surface area contributed by atoms with E-state index in [2.05, 4.69) is 10.2 Å². The third-order valence-electron chi connectivity index (χ3n) is 4.18. The number of carbonyl (C=O) groups excluding carboxylic acids is 1. The van der Waals surface area contributed by atoms with Crippen molar-refractivity contribution in [1.82, 2.24) is 10.2 Å². The van der Waals surface area contributed by atoms with Crippen molar-refractivity contribution in [3.63, 3.8) is 0 Å². The largest absolute Gasteiger partial charge is 0.493 e. The predicted molar refractivity (Wildman–Crippen MR) is 103 cm³/mol. The smallest absolute Gasteiger partial charge is 0.203 e. The molecule has 3 rings (SSSR count). The van der Waals surface area contributed by atoms with Crippen LogP contribution in [-0.4, -0.2) is 37.3 Å². The Morgan fingerprint density at radius 3 is 2.24 bits per heavy atom. The highest BCUT2D eigenvalue weighted by molar-refractivity contribution is 6.07. The average Bonchev–Trinajstić information content (AvgIpc) is 3.21. The normalized spacial score (nSPS) is 10.9. The predicted octanol–water partition coefficient (Wildman–Crippen LogP) is 4.28. The zero-order chi connectivity index (χ0) is 21.0. The van der Waals surface area contributed by atoms with Crippen molar-refractivity contribution in [2.45, 2.75) is 0 Å². The zero-order valence-corrected chi connectivity index (χ0v) is 16.0. The Balaban J connectivity index is 1.82. The number of aromatic nitrogens is 2. The highest BCUT2D eigenvalue weighted by Gasteiger charge is 2.16. The fraction of sp³-hybridized carbons (Fsp3) is 0.143. The number of halogens is 2. The second kappa shape index (κ2) is 8.55. The van der Waals surface area contributed by atoms with Gasteiger partial charge in [-0.3, -0.25) is 9.89 Å². The molecule has 2 aromatic carbocycles. The molecule has 0 saturated carbocycles. The molecule has 8 heteroatoms. The standard InChI is InChI=1S/C21H18F2N2O4/c1-27-19-9-13(10-20(28-2)21(19)29-3)18(26)7-5-14-11-17(25-24-14)12-4-6-15(22)16(23)8-12/h4-11H,1-3H3,(H,24,25)/b7-5+. The zero-order valence-electron chi connectivity index (χ0n) is 16.0. The molecule has 3 aromatic rings. The molecule has 0 bridgehead atoms. The van der Waals surface area contributed by atoms with E-state index in [0.717, 1.165) is 12.1 Å². The number of aromatic amines is 1. The summed E-state index contributed by atoms with van der Waals surface area (Å²) in [6.45, 7) is 0. The molecule has 0 radical (unpaired) electrons. The number of ether oxygens (including phenoxy) is 3. The number of hydrogen-bond acceptors (Lipinski definition) is 5. The van der Waals surface area contributed by atoms with Crippen molar-refractivity contribution >= 4 is 11.9 Å². The Bertz CT molecular complexity index is 1050. The molecule has 0 atom stereocenters. The minimum atomic E-state index is -0.958. The van der Waals surface area contributed by atoms with Gasteiger partial charge in [0.25, 0.3) is 0 Å². The lowest BCUT2D eigenvalue weighted by Crippen LogP contribution is -2.00. The van der Waals surface area contributed by atoms with Gasteiger partial charge < -0.3 is 14.2 Å². The molecule has 0 spiro atoms. The molecular formula is C21H18F2N2O4. The minimum absolute atomic E-state index is 0.298. The van der Waals surface area contributed by atoms with Crippen LogP contribution in [0.15, 0.2) is 42.5 Å². The first-order valence-electron chi connectivity index (χ1n) is 8.50. The molecular weight excluding hydrogens is 382 g/mol. The van der Waals surface area contributed by atoms with Crippen LogP contribution in [0, 0.1) is 11.6 Å². The van der Waals surface area contributed by atoms with Crippen molar-refractivity contribution in [3.05, 3.63) is 65.4 Å². The first kappa shape index (κ1) is 20.1. The number of ketones is 1. The lowest BCUT2D eigenvalue weighted by atomic mass is 10.1. The van der Waals surface area contributed by atoms with Crippen molar-refractivity contribution in [1.29, 1.82) is 0 Å². The van der Waals surface area contributed by atoms with Crippen LogP contribution >= 0.6 is 0 Å². The van der Waals surface area contributed by atoms with Gasteiger partial charge in [0.15, 0.2) is 28.9 Å². The summed E-state index contributed by atoms with van der Waals surface area (Å²) in [5.74, 6) is -1.06. The van der Waals surface area contributed by atoms with E-state index in [4.69, 9.17) is 14.2 Å². The van der Waals surface area contributed by atoms with E-state index in [0.29, 0.717) is 39.8 Å². The summed E-state index contributed by atoms with van der Waals surface area (Å²) in [7, 11) is 4.40. The maximum absolute atomic E-state index is 13.4. The molecule has 1 aromatic heterocycles. The lowest BCUT2D eigenvalue weighted by molar-refractivity contribution is 0.104. The van der Waals surface area contributed by atoms with Crippen LogP contribution in [0.25, 0.3) is 17.3 Å².